The molecule has 0 aliphatic rings. The maximum atomic E-state index is 13.7. The van der Waals surface area contributed by atoms with Crippen LogP contribution in [-0.4, -0.2) is 5.91 Å². The predicted octanol–water partition coefficient (Wildman–Crippen LogP) is 3.56. The summed E-state index contributed by atoms with van der Waals surface area (Å²) in [5.41, 5.74) is 6.02. The zero-order valence-electron chi connectivity index (χ0n) is 11.1. The van der Waals surface area contributed by atoms with Gasteiger partial charge in [-0.3, -0.25) is 4.79 Å². The average molecular weight is 306 g/mol. The van der Waals surface area contributed by atoms with Gasteiger partial charge in [-0.2, -0.15) is 0 Å². The molecular weight excluding hydrogens is 293 g/mol. The smallest absolute Gasteiger partial charge is 0.241 e. The van der Waals surface area contributed by atoms with E-state index in [2.05, 4.69) is 0 Å². The van der Waals surface area contributed by atoms with E-state index < -0.39 is 11.7 Å². The highest BCUT2D eigenvalue weighted by Crippen LogP contribution is 2.24. The van der Waals surface area contributed by atoms with Gasteiger partial charge < -0.3 is 10.5 Å². The van der Waals surface area contributed by atoms with Crippen molar-refractivity contribution in [2.75, 3.05) is 0 Å². The Bertz CT molecular complexity index is 665. The van der Waals surface area contributed by atoms with E-state index in [4.69, 9.17) is 22.1 Å². The van der Waals surface area contributed by atoms with Gasteiger partial charge in [-0.25, -0.2) is 4.39 Å². The third kappa shape index (κ3) is 4.07. The molecule has 0 spiro atoms. The van der Waals surface area contributed by atoms with E-state index >= 15 is 0 Å². The molecule has 2 aromatic rings. The van der Waals surface area contributed by atoms with E-state index in [9.17, 15) is 9.18 Å². The summed E-state index contributed by atoms with van der Waals surface area (Å²) in [6, 6.07) is 11.5. The molecule has 0 unspecified atom stereocenters. The molecule has 2 N–H and O–H groups in total. The number of benzene rings is 2. The standard InChI is InChI=1S/C16H13ClFNO2/c17-13-5-3-6-14(18)12(13)10-21-15-7-2-1-4-11(15)8-9-16(19)20/h1-9H,10H2,(H2,19,20). The summed E-state index contributed by atoms with van der Waals surface area (Å²) >= 11 is 5.94. The van der Waals surface area contributed by atoms with Crippen molar-refractivity contribution >= 4 is 23.6 Å². The third-order valence-electron chi connectivity index (χ3n) is 2.78. The topological polar surface area (TPSA) is 52.3 Å². The Balaban J connectivity index is 2.19. The number of amides is 1. The fourth-order valence-corrected chi connectivity index (χ4v) is 1.96. The molecule has 3 nitrogen and oxygen atoms in total. The first kappa shape index (κ1) is 15.1. The van der Waals surface area contributed by atoms with Crippen LogP contribution in [-0.2, 0) is 11.4 Å². The Kier molecular flexibility index (Phi) is 4.95. The highest BCUT2D eigenvalue weighted by Gasteiger charge is 2.08. The van der Waals surface area contributed by atoms with Gasteiger partial charge in [0.15, 0.2) is 0 Å². The van der Waals surface area contributed by atoms with Crippen LogP contribution in [0.1, 0.15) is 11.1 Å². The summed E-state index contributed by atoms with van der Waals surface area (Å²) in [5, 5.41) is 0.306. The number of hydrogen-bond acceptors (Lipinski definition) is 2. The monoisotopic (exact) mass is 305 g/mol. The number of primary amides is 1. The van der Waals surface area contributed by atoms with Crippen LogP contribution in [0.3, 0.4) is 0 Å². The highest BCUT2D eigenvalue weighted by atomic mass is 35.5. The lowest BCUT2D eigenvalue weighted by Crippen LogP contribution is -2.05. The van der Waals surface area contributed by atoms with Gasteiger partial charge in [0.2, 0.25) is 5.91 Å². The molecule has 0 saturated heterocycles. The molecule has 1 amide bonds. The van der Waals surface area contributed by atoms with Gasteiger partial charge in [0.05, 0.1) is 5.02 Å². The molecule has 0 radical (unpaired) electrons. The SMILES string of the molecule is NC(=O)C=Cc1ccccc1OCc1c(F)cccc1Cl. The first-order valence-corrected chi connectivity index (χ1v) is 6.58. The lowest BCUT2D eigenvalue weighted by Gasteiger charge is -2.11. The largest absolute Gasteiger partial charge is 0.488 e. The van der Waals surface area contributed by atoms with E-state index in [0.717, 1.165) is 0 Å². The molecule has 108 valence electrons. The number of rotatable bonds is 5. The molecule has 0 aliphatic carbocycles. The molecule has 2 rings (SSSR count). The number of ether oxygens (including phenoxy) is 1. The lowest BCUT2D eigenvalue weighted by atomic mass is 10.2. The maximum absolute atomic E-state index is 13.7. The van der Waals surface area contributed by atoms with Gasteiger partial charge in [-0.05, 0) is 24.3 Å². The van der Waals surface area contributed by atoms with Crippen molar-refractivity contribution < 1.29 is 13.9 Å². The van der Waals surface area contributed by atoms with Crippen LogP contribution in [0.25, 0.3) is 6.08 Å². The maximum Gasteiger partial charge on any atom is 0.241 e. The summed E-state index contributed by atoms with van der Waals surface area (Å²) in [6.07, 6.45) is 2.78. The molecule has 5 heteroatoms. The van der Waals surface area contributed by atoms with Crippen molar-refractivity contribution in [1.82, 2.24) is 0 Å². The van der Waals surface area contributed by atoms with Crippen molar-refractivity contribution in [3.05, 3.63) is 70.5 Å². The zero-order chi connectivity index (χ0) is 15.2. The van der Waals surface area contributed by atoms with Gasteiger partial charge in [0, 0.05) is 17.2 Å². The molecule has 0 saturated carbocycles. The first-order chi connectivity index (χ1) is 10.1. The summed E-state index contributed by atoms with van der Waals surface area (Å²) in [6.45, 7) is -0.00701. The van der Waals surface area contributed by atoms with Crippen LogP contribution in [0.4, 0.5) is 4.39 Å². The summed E-state index contributed by atoms with van der Waals surface area (Å²) in [5.74, 6) is -0.469. The van der Waals surface area contributed by atoms with Crippen LogP contribution < -0.4 is 10.5 Å². The third-order valence-corrected chi connectivity index (χ3v) is 3.13. The molecule has 0 aliphatic heterocycles. The molecule has 0 fully saturated rings. The van der Waals surface area contributed by atoms with Crippen molar-refractivity contribution in [2.45, 2.75) is 6.61 Å². The summed E-state index contributed by atoms with van der Waals surface area (Å²) in [7, 11) is 0. The second kappa shape index (κ2) is 6.90. The molecule has 0 bridgehead atoms. The molecular formula is C16H13ClFNO2. The minimum Gasteiger partial charge on any atom is -0.488 e. The lowest BCUT2D eigenvalue weighted by molar-refractivity contribution is -0.113. The number of carbonyl (C=O) groups is 1. The van der Waals surface area contributed by atoms with Gasteiger partial charge in [0.25, 0.3) is 0 Å². The molecule has 0 heterocycles. The van der Waals surface area contributed by atoms with E-state index in [1.807, 2.05) is 0 Å². The van der Waals surface area contributed by atoms with Crippen LogP contribution in [0.2, 0.25) is 5.02 Å². The van der Waals surface area contributed by atoms with Crippen LogP contribution in [0.5, 0.6) is 5.75 Å². The number of carbonyl (C=O) groups excluding carboxylic acids is 1. The fraction of sp³-hybridized carbons (Fsp3) is 0.0625. The van der Waals surface area contributed by atoms with Crippen molar-refractivity contribution in [1.29, 1.82) is 0 Å². The van der Waals surface area contributed by atoms with Crippen LogP contribution >= 0.6 is 11.6 Å². The normalized spacial score (nSPS) is 10.8. The Morgan fingerprint density at radius 1 is 1.24 bits per heavy atom. The predicted molar refractivity (Wildman–Crippen MR) is 80.4 cm³/mol. The van der Waals surface area contributed by atoms with Crippen LogP contribution in [0.15, 0.2) is 48.5 Å². The number of halogens is 2. The minimum atomic E-state index is -0.554. The van der Waals surface area contributed by atoms with E-state index in [1.54, 1.807) is 36.4 Å². The molecule has 21 heavy (non-hydrogen) atoms. The zero-order valence-corrected chi connectivity index (χ0v) is 11.8. The van der Waals surface area contributed by atoms with Crippen molar-refractivity contribution in [3.8, 4) is 5.75 Å². The number of nitrogens with two attached hydrogens (primary N) is 1. The number of para-hydroxylation sites is 1. The van der Waals surface area contributed by atoms with Crippen LogP contribution in [0, 0.1) is 5.82 Å². The summed E-state index contributed by atoms with van der Waals surface area (Å²) < 4.78 is 19.3. The highest BCUT2D eigenvalue weighted by molar-refractivity contribution is 6.31. The van der Waals surface area contributed by atoms with Crippen molar-refractivity contribution in [2.24, 2.45) is 5.73 Å². The Morgan fingerprint density at radius 3 is 2.71 bits per heavy atom. The first-order valence-electron chi connectivity index (χ1n) is 6.20. The average Bonchev–Trinajstić information content (AvgIpc) is 2.45. The van der Waals surface area contributed by atoms with E-state index in [-0.39, 0.29) is 12.2 Å². The van der Waals surface area contributed by atoms with E-state index in [1.165, 1.54) is 18.2 Å². The Hall–Kier alpha value is -2.33. The van der Waals surface area contributed by atoms with E-state index in [0.29, 0.717) is 16.3 Å². The second-order valence-electron chi connectivity index (χ2n) is 4.26. The van der Waals surface area contributed by atoms with Gasteiger partial charge >= 0.3 is 0 Å². The van der Waals surface area contributed by atoms with Gasteiger partial charge in [0.1, 0.15) is 18.2 Å². The minimum absolute atomic E-state index is 0.00701. The second-order valence-corrected chi connectivity index (χ2v) is 4.67. The van der Waals surface area contributed by atoms with Gasteiger partial charge in [-0.1, -0.05) is 35.9 Å². The quantitative estimate of drug-likeness (QED) is 0.859. The van der Waals surface area contributed by atoms with Crippen molar-refractivity contribution in [3.63, 3.8) is 0 Å². The Labute approximate surface area is 126 Å². The Morgan fingerprint density at radius 2 is 2.00 bits per heavy atom. The van der Waals surface area contributed by atoms with Gasteiger partial charge in [-0.15, -0.1) is 0 Å². The summed E-state index contributed by atoms with van der Waals surface area (Å²) in [4.78, 5) is 10.8. The number of hydrogen-bond donors (Lipinski definition) is 1. The fourth-order valence-electron chi connectivity index (χ4n) is 1.74. The molecule has 2 aromatic carbocycles. The molecule has 0 atom stereocenters. The molecule has 0 aromatic heterocycles.